The first-order valence-electron chi connectivity index (χ1n) is 7.02. The number of rotatable bonds is 5. The molecule has 0 saturated heterocycles. The van der Waals surface area contributed by atoms with Gasteiger partial charge in [0.25, 0.3) is 0 Å². The molecular weight excluding hydrogens is 338 g/mol. The molecular formula is C15H26ClN3O3S. The van der Waals surface area contributed by atoms with E-state index in [1.54, 1.807) is 52.8 Å². The van der Waals surface area contributed by atoms with E-state index in [2.05, 4.69) is 10.0 Å². The van der Waals surface area contributed by atoms with Crippen LogP contribution in [-0.4, -0.2) is 25.4 Å². The molecule has 0 saturated carbocycles. The van der Waals surface area contributed by atoms with E-state index in [-0.39, 0.29) is 29.8 Å². The normalized spacial score (nSPS) is 12.4. The molecule has 6 nitrogen and oxygen atoms in total. The van der Waals surface area contributed by atoms with Crippen molar-refractivity contribution in [2.24, 2.45) is 5.73 Å². The third kappa shape index (κ3) is 6.87. The van der Waals surface area contributed by atoms with Crippen molar-refractivity contribution in [3.05, 3.63) is 29.8 Å². The van der Waals surface area contributed by atoms with E-state index in [0.29, 0.717) is 5.56 Å². The lowest BCUT2D eigenvalue weighted by molar-refractivity contribution is -0.125. The molecule has 0 spiro atoms. The number of carbonyl (C=O) groups excluding carboxylic acids is 1. The van der Waals surface area contributed by atoms with Crippen molar-refractivity contribution in [3.63, 3.8) is 0 Å². The summed E-state index contributed by atoms with van der Waals surface area (Å²) in [6.07, 6.45) is 0. The zero-order valence-electron chi connectivity index (χ0n) is 14.1. The Bertz CT molecular complexity index is 647. The second-order valence-electron chi connectivity index (χ2n) is 6.87. The number of carbonyl (C=O) groups is 1. The molecule has 1 amide bonds. The Morgan fingerprint density at radius 3 is 2.13 bits per heavy atom. The molecule has 132 valence electrons. The summed E-state index contributed by atoms with van der Waals surface area (Å²) in [5.41, 5.74) is 4.61. The maximum Gasteiger partial charge on any atom is 0.241 e. The van der Waals surface area contributed by atoms with Crippen LogP contribution in [0, 0.1) is 0 Å². The van der Waals surface area contributed by atoms with Crippen LogP contribution in [0.1, 0.15) is 40.2 Å². The van der Waals surface area contributed by atoms with Crippen molar-refractivity contribution < 1.29 is 13.2 Å². The second kappa shape index (κ2) is 7.61. The van der Waals surface area contributed by atoms with Crippen molar-refractivity contribution in [1.82, 2.24) is 10.0 Å². The highest BCUT2D eigenvalue weighted by Gasteiger charge is 2.25. The largest absolute Gasteiger partial charge is 0.350 e. The van der Waals surface area contributed by atoms with Crippen molar-refractivity contribution in [2.75, 3.05) is 0 Å². The first-order chi connectivity index (χ1) is 9.83. The van der Waals surface area contributed by atoms with Gasteiger partial charge < -0.3 is 11.1 Å². The fraction of sp³-hybridized carbons (Fsp3) is 0.533. The van der Waals surface area contributed by atoms with Crippen molar-refractivity contribution >= 4 is 28.3 Å². The van der Waals surface area contributed by atoms with Gasteiger partial charge in [0.1, 0.15) is 0 Å². The SMILES string of the molecule is CC(C)(C)NS(=O)(=O)c1ccccc1CNC(=O)C(C)(C)N.Cl. The number of hydrogen-bond donors (Lipinski definition) is 3. The van der Waals surface area contributed by atoms with E-state index in [0.717, 1.165) is 0 Å². The number of sulfonamides is 1. The molecule has 0 bridgehead atoms. The third-order valence-electron chi connectivity index (χ3n) is 2.73. The van der Waals surface area contributed by atoms with E-state index < -0.39 is 21.1 Å². The van der Waals surface area contributed by atoms with Gasteiger partial charge in [0.15, 0.2) is 0 Å². The molecule has 0 unspecified atom stereocenters. The first-order valence-corrected chi connectivity index (χ1v) is 8.50. The van der Waals surface area contributed by atoms with Gasteiger partial charge in [-0.15, -0.1) is 12.4 Å². The van der Waals surface area contributed by atoms with Gasteiger partial charge in [-0.05, 0) is 46.2 Å². The maximum absolute atomic E-state index is 12.5. The molecule has 0 aliphatic heterocycles. The molecule has 0 fully saturated rings. The summed E-state index contributed by atoms with van der Waals surface area (Å²) in [4.78, 5) is 12.0. The number of amides is 1. The van der Waals surface area contributed by atoms with Crippen molar-refractivity contribution in [1.29, 1.82) is 0 Å². The number of benzene rings is 1. The summed E-state index contributed by atoms with van der Waals surface area (Å²) in [6, 6.07) is 6.56. The first kappa shape index (κ1) is 21.9. The van der Waals surface area contributed by atoms with Crippen LogP contribution >= 0.6 is 12.4 Å². The van der Waals surface area contributed by atoms with Crippen LogP contribution in [0.4, 0.5) is 0 Å². The predicted molar refractivity (Wildman–Crippen MR) is 93.9 cm³/mol. The molecule has 0 aromatic heterocycles. The Labute approximate surface area is 144 Å². The van der Waals surface area contributed by atoms with Crippen LogP contribution in [0.25, 0.3) is 0 Å². The van der Waals surface area contributed by atoms with Gasteiger partial charge in [-0.1, -0.05) is 18.2 Å². The van der Waals surface area contributed by atoms with Gasteiger partial charge in [-0.3, -0.25) is 4.79 Å². The number of hydrogen-bond acceptors (Lipinski definition) is 4. The average Bonchev–Trinajstić information content (AvgIpc) is 2.32. The number of halogens is 1. The van der Waals surface area contributed by atoms with Gasteiger partial charge in [0.05, 0.1) is 10.4 Å². The summed E-state index contributed by atoms with van der Waals surface area (Å²) in [5, 5.41) is 2.66. The maximum atomic E-state index is 12.5. The molecule has 0 heterocycles. The minimum atomic E-state index is -3.66. The van der Waals surface area contributed by atoms with Crippen LogP contribution in [0.5, 0.6) is 0 Å². The molecule has 1 aromatic rings. The average molecular weight is 364 g/mol. The van der Waals surface area contributed by atoms with Crippen molar-refractivity contribution in [2.45, 2.75) is 57.1 Å². The fourth-order valence-electron chi connectivity index (χ4n) is 1.77. The fourth-order valence-corrected chi connectivity index (χ4v) is 3.43. The zero-order valence-corrected chi connectivity index (χ0v) is 15.8. The molecule has 4 N–H and O–H groups in total. The lowest BCUT2D eigenvalue weighted by atomic mass is 10.1. The van der Waals surface area contributed by atoms with E-state index in [9.17, 15) is 13.2 Å². The molecule has 0 aliphatic rings. The quantitative estimate of drug-likeness (QED) is 0.738. The molecule has 0 radical (unpaired) electrons. The van der Waals surface area contributed by atoms with Crippen LogP contribution in [0.3, 0.4) is 0 Å². The lowest BCUT2D eigenvalue weighted by Crippen LogP contribution is -2.49. The van der Waals surface area contributed by atoms with E-state index in [4.69, 9.17) is 5.73 Å². The summed E-state index contributed by atoms with van der Waals surface area (Å²) in [5.74, 6) is -0.344. The Morgan fingerprint density at radius 2 is 1.65 bits per heavy atom. The molecule has 23 heavy (non-hydrogen) atoms. The molecule has 0 aliphatic carbocycles. The highest BCUT2D eigenvalue weighted by Crippen LogP contribution is 2.17. The highest BCUT2D eigenvalue weighted by atomic mass is 35.5. The molecule has 1 rings (SSSR count). The van der Waals surface area contributed by atoms with Gasteiger partial charge in [0.2, 0.25) is 15.9 Å². The Balaban J connectivity index is 0.00000484. The summed E-state index contributed by atoms with van der Waals surface area (Å²) < 4.78 is 27.5. The Kier molecular flexibility index (Phi) is 7.23. The third-order valence-corrected chi connectivity index (χ3v) is 4.59. The van der Waals surface area contributed by atoms with Gasteiger partial charge >= 0.3 is 0 Å². The smallest absolute Gasteiger partial charge is 0.241 e. The highest BCUT2D eigenvalue weighted by molar-refractivity contribution is 7.89. The molecule has 1 aromatic carbocycles. The summed E-state index contributed by atoms with van der Waals surface area (Å²) >= 11 is 0. The van der Waals surface area contributed by atoms with Crippen LogP contribution in [0.15, 0.2) is 29.2 Å². The van der Waals surface area contributed by atoms with E-state index >= 15 is 0 Å². The van der Waals surface area contributed by atoms with Crippen LogP contribution in [0.2, 0.25) is 0 Å². The number of nitrogens with one attached hydrogen (secondary N) is 2. The standard InChI is InChI=1S/C15H25N3O3S.ClH/c1-14(2,3)18-22(20,21)12-9-7-6-8-11(12)10-17-13(19)15(4,5)16;/h6-9,18H,10,16H2,1-5H3,(H,17,19);1H. The van der Waals surface area contributed by atoms with Gasteiger partial charge in [-0.2, -0.15) is 0 Å². The number of nitrogens with two attached hydrogens (primary N) is 1. The Hall–Kier alpha value is -1.15. The zero-order chi connectivity index (χ0) is 17.2. The lowest BCUT2D eigenvalue weighted by Gasteiger charge is -2.22. The Morgan fingerprint density at radius 1 is 1.13 bits per heavy atom. The minimum Gasteiger partial charge on any atom is -0.350 e. The molecule has 0 atom stereocenters. The molecule has 8 heteroatoms. The van der Waals surface area contributed by atoms with Crippen molar-refractivity contribution in [3.8, 4) is 0 Å². The van der Waals surface area contributed by atoms with E-state index in [1.165, 1.54) is 6.07 Å². The topological polar surface area (TPSA) is 101 Å². The van der Waals surface area contributed by atoms with Gasteiger partial charge in [0, 0.05) is 12.1 Å². The summed E-state index contributed by atoms with van der Waals surface area (Å²) in [6.45, 7) is 8.59. The van der Waals surface area contributed by atoms with E-state index in [1.807, 2.05) is 0 Å². The van der Waals surface area contributed by atoms with Gasteiger partial charge in [-0.25, -0.2) is 13.1 Å². The second-order valence-corrected chi connectivity index (χ2v) is 8.52. The van der Waals surface area contributed by atoms with Crippen LogP contribution < -0.4 is 15.8 Å². The van der Waals surface area contributed by atoms with Crippen LogP contribution in [-0.2, 0) is 21.4 Å². The monoisotopic (exact) mass is 363 g/mol. The minimum absolute atomic E-state index is 0. The predicted octanol–water partition coefficient (Wildman–Crippen LogP) is 1.54. The summed E-state index contributed by atoms with van der Waals surface area (Å²) in [7, 11) is -3.66.